The predicted molar refractivity (Wildman–Crippen MR) is 118 cm³/mol. The Labute approximate surface area is 179 Å². The number of aromatic nitrogens is 2. The van der Waals surface area contributed by atoms with Gasteiger partial charge >= 0.3 is 5.97 Å². The van der Waals surface area contributed by atoms with Crippen LogP contribution < -0.4 is 11.0 Å². The van der Waals surface area contributed by atoms with Gasteiger partial charge in [0.05, 0.1) is 24.3 Å². The van der Waals surface area contributed by atoms with Crippen molar-refractivity contribution in [3.63, 3.8) is 0 Å². The smallest absolute Gasteiger partial charge is 0.338 e. The first kappa shape index (κ1) is 21.9. The zero-order valence-electron chi connectivity index (χ0n) is 17.7. The number of hydrogen-bond donors (Lipinski definition) is 1. The molecule has 3 rings (SSSR count). The van der Waals surface area contributed by atoms with Crippen molar-refractivity contribution >= 4 is 28.9 Å². The van der Waals surface area contributed by atoms with Crippen LogP contribution in [0.4, 0.5) is 0 Å². The molecule has 0 fully saturated rings. The van der Waals surface area contributed by atoms with Gasteiger partial charge in [-0.15, -0.1) is 0 Å². The number of hydrogen-bond acceptors (Lipinski definition) is 6. The summed E-state index contributed by atoms with van der Waals surface area (Å²) < 4.78 is 6.08. The van der Waals surface area contributed by atoms with E-state index < -0.39 is 11.9 Å². The molecule has 2 aromatic carbocycles. The maximum atomic E-state index is 12.8. The molecular formula is C23H24N4O4. The second-order valence-corrected chi connectivity index (χ2v) is 7.38. The summed E-state index contributed by atoms with van der Waals surface area (Å²) in [5.74, 6) is -0.670. The molecule has 1 amide bonds. The molecule has 0 saturated heterocycles. The highest BCUT2D eigenvalue weighted by atomic mass is 16.5. The summed E-state index contributed by atoms with van der Waals surface area (Å²) in [5, 5.41) is 9.15. The van der Waals surface area contributed by atoms with Crippen LogP contribution in [0.25, 0.3) is 10.8 Å². The summed E-state index contributed by atoms with van der Waals surface area (Å²) in [7, 11) is 1.29. The van der Waals surface area contributed by atoms with E-state index in [1.165, 1.54) is 18.0 Å². The average molecular weight is 420 g/mol. The molecule has 1 aromatic heterocycles. The number of ether oxygens (including phenoxy) is 1. The molecule has 160 valence electrons. The molecule has 0 unspecified atom stereocenters. The number of esters is 1. The zero-order valence-corrected chi connectivity index (χ0v) is 17.7. The molecule has 0 radical (unpaired) electrons. The van der Waals surface area contributed by atoms with Crippen molar-refractivity contribution in [1.82, 2.24) is 15.2 Å². The topological polar surface area (TPSA) is 103 Å². The molecular weight excluding hydrogens is 396 g/mol. The van der Waals surface area contributed by atoms with Crippen LogP contribution in [-0.2, 0) is 11.3 Å². The van der Waals surface area contributed by atoms with Crippen LogP contribution in [0.2, 0.25) is 0 Å². The molecule has 1 N–H and O–H groups in total. The van der Waals surface area contributed by atoms with Crippen molar-refractivity contribution in [1.29, 1.82) is 0 Å². The fourth-order valence-electron chi connectivity index (χ4n) is 3.05. The van der Waals surface area contributed by atoms with Crippen LogP contribution in [0.15, 0.2) is 58.4 Å². The van der Waals surface area contributed by atoms with Gasteiger partial charge in [-0.1, -0.05) is 50.2 Å². The number of nitrogens with zero attached hydrogens (tertiary/aromatic N) is 3. The van der Waals surface area contributed by atoms with E-state index >= 15 is 0 Å². The third kappa shape index (κ3) is 5.03. The number of benzene rings is 2. The van der Waals surface area contributed by atoms with Crippen LogP contribution >= 0.6 is 0 Å². The van der Waals surface area contributed by atoms with Crippen LogP contribution in [0.3, 0.4) is 0 Å². The maximum Gasteiger partial charge on any atom is 0.338 e. The van der Waals surface area contributed by atoms with E-state index in [1.54, 1.807) is 48.5 Å². The van der Waals surface area contributed by atoms with Crippen molar-refractivity contribution < 1.29 is 14.3 Å². The summed E-state index contributed by atoms with van der Waals surface area (Å²) in [6, 6.07) is 13.6. The van der Waals surface area contributed by atoms with E-state index in [-0.39, 0.29) is 11.3 Å². The minimum absolute atomic E-state index is 0.109. The van der Waals surface area contributed by atoms with Crippen LogP contribution in [-0.4, -0.2) is 35.0 Å². The van der Waals surface area contributed by atoms with Gasteiger partial charge in [0.25, 0.3) is 11.5 Å². The third-order valence-electron chi connectivity index (χ3n) is 4.74. The van der Waals surface area contributed by atoms with Gasteiger partial charge in [0.1, 0.15) is 0 Å². The van der Waals surface area contributed by atoms with Crippen molar-refractivity contribution in [3.05, 3.63) is 75.7 Å². The first-order chi connectivity index (χ1) is 14.9. The number of hydrazone groups is 1. The Bertz CT molecular complexity index is 1200. The van der Waals surface area contributed by atoms with Gasteiger partial charge in [-0.25, -0.2) is 14.9 Å². The lowest BCUT2D eigenvalue weighted by molar-refractivity contribution is 0.0600. The van der Waals surface area contributed by atoms with Crippen LogP contribution in [0, 0.1) is 5.92 Å². The van der Waals surface area contributed by atoms with Gasteiger partial charge in [-0.3, -0.25) is 9.59 Å². The second-order valence-electron chi connectivity index (χ2n) is 7.38. The molecule has 0 atom stereocenters. The molecule has 0 spiro atoms. The average Bonchev–Trinajstić information content (AvgIpc) is 2.78. The fourth-order valence-corrected chi connectivity index (χ4v) is 3.05. The van der Waals surface area contributed by atoms with E-state index in [9.17, 15) is 14.4 Å². The first-order valence-electron chi connectivity index (χ1n) is 9.93. The lowest BCUT2D eigenvalue weighted by Crippen LogP contribution is -2.29. The van der Waals surface area contributed by atoms with Gasteiger partial charge in [-0.2, -0.15) is 10.2 Å². The van der Waals surface area contributed by atoms with Crippen LogP contribution in [0.1, 0.15) is 46.7 Å². The highest BCUT2D eigenvalue weighted by Crippen LogP contribution is 2.14. The molecule has 1 heterocycles. The predicted octanol–water partition coefficient (Wildman–Crippen LogP) is 2.99. The van der Waals surface area contributed by atoms with Gasteiger partial charge < -0.3 is 4.74 Å². The van der Waals surface area contributed by atoms with Gasteiger partial charge in [0, 0.05) is 17.5 Å². The summed E-state index contributed by atoms with van der Waals surface area (Å²) in [4.78, 5) is 37.4. The summed E-state index contributed by atoms with van der Waals surface area (Å²) in [6.45, 7) is 4.53. The summed E-state index contributed by atoms with van der Waals surface area (Å²) >= 11 is 0. The lowest BCUT2D eigenvalue weighted by Gasteiger charge is -2.11. The number of amides is 1. The van der Waals surface area contributed by atoms with E-state index in [0.29, 0.717) is 34.4 Å². The van der Waals surface area contributed by atoms with Crippen molar-refractivity contribution in [2.45, 2.75) is 26.8 Å². The molecule has 0 saturated carbocycles. The quantitative estimate of drug-likeness (QED) is 0.360. The van der Waals surface area contributed by atoms with Crippen molar-refractivity contribution in [2.75, 3.05) is 7.11 Å². The Morgan fingerprint density at radius 3 is 2.52 bits per heavy atom. The minimum atomic E-state index is -0.554. The molecule has 3 aromatic rings. The Morgan fingerprint density at radius 1 is 1.13 bits per heavy atom. The number of nitrogens with one attached hydrogen (secondary N) is 1. The highest BCUT2D eigenvalue weighted by Gasteiger charge is 2.16. The summed E-state index contributed by atoms with van der Waals surface area (Å²) in [5.41, 5.74) is 3.13. The third-order valence-corrected chi connectivity index (χ3v) is 4.74. The van der Waals surface area contributed by atoms with E-state index in [2.05, 4.69) is 29.5 Å². The fraction of sp³-hybridized carbons (Fsp3) is 0.261. The molecule has 8 heteroatoms. The minimum Gasteiger partial charge on any atom is -0.465 e. The maximum absolute atomic E-state index is 12.8. The molecule has 0 aliphatic heterocycles. The Kier molecular flexibility index (Phi) is 6.92. The normalized spacial score (nSPS) is 11.2. The number of aryl methyl sites for hydroxylation is 1. The van der Waals surface area contributed by atoms with Gasteiger partial charge in [0.2, 0.25) is 0 Å². The Morgan fingerprint density at radius 2 is 1.81 bits per heavy atom. The molecule has 8 nitrogen and oxygen atoms in total. The number of methoxy groups -OCH3 is 1. The van der Waals surface area contributed by atoms with Crippen LogP contribution in [0.5, 0.6) is 0 Å². The van der Waals surface area contributed by atoms with E-state index in [1.807, 2.05) is 0 Å². The lowest BCUT2D eigenvalue weighted by atomic mass is 10.1. The van der Waals surface area contributed by atoms with Crippen molar-refractivity contribution in [2.24, 2.45) is 11.0 Å². The SMILES string of the molecule is COC(=O)c1ccccc1/C=N\NC(=O)c1nn(CCC(C)C)c(=O)c2ccccc12. The number of carbonyl (C=O) groups is 2. The molecule has 0 aliphatic carbocycles. The molecule has 0 aliphatic rings. The Balaban J connectivity index is 1.91. The summed E-state index contributed by atoms with van der Waals surface area (Å²) in [6.07, 6.45) is 2.12. The zero-order chi connectivity index (χ0) is 22.4. The monoisotopic (exact) mass is 420 g/mol. The van der Waals surface area contributed by atoms with Gasteiger partial charge in [0.15, 0.2) is 5.69 Å². The van der Waals surface area contributed by atoms with Gasteiger partial charge in [-0.05, 0) is 24.5 Å². The van der Waals surface area contributed by atoms with E-state index in [4.69, 9.17) is 4.74 Å². The van der Waals surface area contributed by atoms with E-state index in [0.717, 1.165) is 6.42 Å². The second kappa shape index (κ2) is 9.80. The Hall–Kier alpha value is -3.81. The van der Waals surface area contributed by atoms with Crippen molar-refractivity contribution in [3.8, 4) is 0 Å². The number of rotatable bonds is 7. The molecule has 0 bridgehead atoms. The largest absolute Gasteiger partial charge is 0.465 e. The highest BCUT2D eigenvalue weighted by molar-refractivity contribution is 6.05. The number of carbonyl (C=O) groups excluding carboxylic acids is 2. The first-order valence-corrected chi connectivity index (χ1v) is 9.93. The standard InChI is InChI=1S/C23H24N4O4/c1-15(2)12-13-27-22(29)19-11-7-6-10-18(19)20(26-27)21(28)25-24-14-16-8-4-5-9-17(16)23(30)31-3/h4-11,14-15H,12-13H2,1-3H3,(H,25,28)/b24-14-. The number of fused-ring (bicyclic) bond motifs is 1. The molecule has 31 heavy (non-hydrogen) atoms.